The van der Waals surface area contributed by atoms with Crippen LogP contribution in [0.15, 0.2) is 71.5 Å². The summed E-state index contributed by atoms with van der Waals surface area (Å²) in [6.45, 7) is 6.16. The van der Waals surface area contributed by atoms with Gasteiger partial charge in [0.1, 0.15) is 6.54 Å². The molecule has 0 N–H and O–H groups in total. The summed E-state index contributed by atoms with van der Waals surface area (Å²) in [4.78, 5) is 29.5. The summed E-state index contributed by atoms with van der Waals surface area (Å²) in [5.41, 5.74) is 3.97. The molecule has 0 unspecified atom stereocenters. The molecule has 1 saturated heterocycles. The van der Waals surface area contributed by atoms with Gasteiger partial charge in [-0.05, 0) is 30.5 Å². The van der Waals surface area contributed by atoms with E-state index < -0.39 is 0 Å². The predicted molar refractivity (Wildman–Crippen MR) is 122 cm³/mol. The van der Waals surface area contributed by atoms with E-state index in [2.05, 4.69) is 41.2 Å². The van der Waals surface area contributed by atoms with Crippen molar-refractivity contribution < 1.29 is 4.79 Å². The fourth-order valence-corrected chi connectivity index (χ4v) is 3.96. The van der Waals surface area contributed by atoms with Gasteiger partial charge in [-0.1, -0.05) is 54.6 Å². The number of amides is 1. The maximum atomic E-state index is 12.9. The molecule has 0 aliphatic carbocycles. The molecule has 6 heteroatoms. The lowest BCUT2D eigenvalue weighted by atomic mass is 10.1. The second-order valence-corrected chi connectivity index (χ2v) is 8.02. The van der Waals surface area contributed by atoms with Gasteiger partial charge in [0.05, 0.1) is 5.69 Å². The van der Waals surface area contributed by atoms with E-state index in [0.717, 1.165) is 31.6 Å². The Morgan fingerprint density at radius 3 is 2.48 bits per heavy atom. The molecule has 0 atom stereocenters. The third-order valence-corrected chi connectivity index (χ3v) is 5.82. The van der Waals surface area contributed by atoms with E-state index in [1.165, 1.54) is 21.9 Å². The van der Waals surface area contributed by atoms with Crippen molar-refractivity contribution in [3.8, 4) is 11.3 Å². The number of carbonyl (C=O) groups excluding carboxylic acids is 1. The Kier molecular flexibility index (Phi) is 6.57. The van der Waals surface area contributed by atoms with Crippen molar-refractivity contribution in [2.24, 2.45) is 0 Å². The van der Waals surface area contributed by atoms with Crippen LogP contribution in [-0.2, 0) is 17.9 Å². The van der Waals surface area contributed by atoms with Gasteiger partial charge in [-0.3, -0.25) is 14.5 Å². The smallest absolute Gasteiger partial charge is 0.267 e. The molecule has 6 nitrogen and oxygen atoms in total. The molecule has 1 aliphatic heterocycles. The van der Waals surface area contributed by atoms with Crippen LogP contribution >= 0.6 is 0 Å². The summed E-state index contributed by atoms with van der Waals surface area (Å²) in [6.07, 6.45) is 0.921. The van der Waals surface area contributed by atoms with Gasteiger partial charge in [-0.2, -0.15) is 5.10 Å². The van der Waals surface area contributed by atoms with Crippen molar-refractivity contribution in [2.45, 2.75) is 26.4 Å². The minimum absolute atomic E-state index is 0.0305. The summed E-state index contributed by atoms with van der Waals surface area (Å²) < 4.78 is 1.28. The zero-order valence-corrected chi connectivity index (χ0v) is 17.9. The van der Waals surface area contributed by atoms with E-state index in [9.17, 15) is 9.59 Å². The van der Waals surface area contributed by atoms with Crippen LogP contribution in [0.2, 0.25) is 0 Å². The number of aryl methyl sites for hydroxylation is 1. The highest BCUT2D eigenvalue weighted by Crippen LogP contribution is 2.15. The summed E-state index contributed by atoms with van der Waals surface area (Å²) in [5.74, 6) is -0.0578. The molecule has 0 saturated carbocycles. The Hall–Kier alpha value is -3.25. The summed E-state index contributed by atoms with van der Waals surface area (Å²) in [6, 6.07) is 21.3. The molecule has 4 rings (SSSR count). The van der Waals surface area contributed by atoms with Crippen molar-refractivity contribution in [3.63, 3.8) is 0 Å². The molecule has 1 aliphatic rings. The first-order chi connectivity index (χ1) is 15.1. The SMILES string of the molecule is Cc1ccccc1CN1CCCN(C(=O)Cn2nc(-c3ccccc3)ccc2=O)CC1. The molecular formula is C25H28N4O2. The van der Waals surface area contributed by atoms with Crippen LogP contribution < -0.4 is 5.56 Å². The molecule has 1 aromatic heterocycles. The van der Waals surface area contributed by atoms with E-state index in [-0.39, 0.29) is 18.0 Å². The van der Waals surface area contributed by atoms with Gasteiger partial charge in [0.15, 0.2) is 0 Å². The van der Waals surface area contributed by atoms with Crippen LogP contribution in [0.25, 0.3) is 11.3 Å². The van der Waals surface area contributed by atoms with Gasteiger partial charge in [-0.25, -0.2) is 4.68 Å². The van der Waals surface area contributed by atoms with Crippen LogP contribution in [0.4, 0.5) is 0 Å². The Labute approximate surface area is 182 Å². The van der Waals surface area contributed by atoms with Crippen LogP contribution in [0, 0.1) is 6.92 Å². The first kappa shape index (κ1) is 21.0. The molecule has 0 bridgehead atoms. The normalized spacial score (nSPS) is 14.9. The summed E-state index contributed by atoms with van der Waals surface area (Å²) in [5, 5.41) is 4.43. The first-order valence-corrected chi connectivity index (χ1v) is 10.8. The van der Waals surface area contributed by atoms with Gasteiger partial charge in [0.25, 0.3) is 5.56 Å². The highest BCUT2D eigenvalue weighted by molar-refractivity contribution is 5.76. The number of aromatic nitrogens is 2. The Morgan fingerprint density at radius 2 is 1.68 bits per heavy atom. The Morgan fingerprint density at radius 1 is 0.903 bits per heavy atom. The third-order valence-electron chi connectivity index (χ3n) is 5.82. The molecular weight excluding hydrogens is 388 g/mol. The molecule has 1 amide bonds. The molecule has 1 fully saturated rings. The third kappa shape index (κ3) is 5.27. The van der Waals surface area contributed by atoms with Crippen molar-refractivity contribution >= 4 is 5.91 Å². The lowest BCUT2D eigenvalue weighted by Crippen LogP contribution is -2.39. The minimum Gasteiger partial charge on any atom is -0.340 e. The standard InChI is InChI=1S/C25H28N4O2/c1-20-8-5-6-11-22(20)18-27-14-7-15-28(17-16-27)25(31)19-29-24(30)13-12-23(26-29)21-9-3-2-4-10-21/h2-6,8-13H,7,14-19H2,1H3. The van der Waals surface area contributed by atoms with E-state index in [4.69, 9.17) is 0 Å². The molecule has 2 aromatic carbocycles. The van der Waals surface area contributed by atoms with Crippen LogP contribution in [0.5, 0.6) is 0 Å². The van der Waals surface area contributed by atoms with Crippen molar-refractivity contribution in [3.05, 3.63) is 88.2 Å². The average Bonchev–Trinajstić information content (AvgIpc) is 3.03. The topological polar surface area (TPSA) is 58.4 Å². The molecule has 3 aromatic rings. The number of carbonyl (C=O) groups is 1. The Bertz CT molecular complexity index is 1090. The second kappa shape index (κ2) is 9.71. The van der Waals surface area contributed by atoms with Crippen LogP contribution in [-0.4, -0.2) is 51.7 Å². The van der Waals surface area contributed by atoms with E-state index in [0.29, 0.717) is 18.8 Å². The minimum atomic E-state index is -0.260. The predicted octanol–water partition coefficient (Wildman–Crippen LogP) is 2.95. The average molecular weight is 417 g/mol. The second-order valence-electron chi connectivity index (χ2n) is 8.02. The number of hydrogen-bond donors (Lipinski definition) is 0. The van der Waals surface area contributed by atoms with E-state index >= 15 is 0 Å². The first-order valence-electron chi connectivity index (χ1n) is 10.8. The fraction of sp³-hybridized carbons (Fsp3) is 0.320. The molecule has 2 heterocycles. The van der Waals surface area contributed by atoms with Crippen LogP contribution in [0.3, 0.4) is 0 Å². The summed E-state index contributed by atoms with van der Waals surface area (Å²) in [7, 11) is 0. The lowest BCUT2D eigenvalue weighted by molar-refractivity contribution is -0.132. The highest BCUT2D eigenvalue weighted by atomic mass is 16.2. The molecule has 0 radical (unpaired) electrons. The zero-order valence-electron chi connectivity index (χ0n) is 17.9. The number of benzene rings is 2. The van der Waals surface area contributed by atoms with Gasteiger partial charge < -0.3 is 4.90 Å². The van der Waals surface area contributed by atoms with E-state index in [1.54, 1.807) is 6.07 Å². The van der Waals surface area contributed by atoms with Gasteiger partial charge in [-0.15, -0.1) is 0 Å². The van der Waals surface area contributed by atoms with E-state index in [1.807, 2.05) is 35.2 Å². The monoisotopic (exact) mass is 416 g/mol. The summed E-state index contributed by atoms with van der Waals surface area (Å²) >= 11 is 0. The largest absolute Gasteiger partial charge is 0.340 e. The van der Waals surface area contributed by atoms with Crippen LogP contribution in [0.1, 0.15) is 17.5 Å². The highest BCUT2D eigenvalue weighted by Gasteiger charge is 2.20. The van der Waals surface area contributed by atoms with Crippen molar-refractivity contribution in [2.75, 3.05) is 26.2 Å². The maximum absolute atomic E-state index is 12.9. The number of rotatable bonds is 5. The number of nitrogens with zero attached hydrogens (tertiary/aromatic N) is 4. The van der Waals surface area contributed by atoms with Crippen molar-refractivity contribution in [1.82, 2.24) is 19.6 Å². The maximum Gasteiger partial charge on any atom is 0.267 e. The van der Waals surface area contributed by atoms with Gasteiger partial charge in [0.2, 0.25) is 5.91 Å². The van der Waals surface area contributed by atoms with Gasteiger partial charge in [0, 0.05) is 44.4 Å². The van der Waals surface area contributed by atoms with Gasteiger partial charge >= 0.3 is 0 Å². The fourth-order valence-electron chi connectivity index (χ4n) is 3.96. The molecule has 31 heavy (non-hydrogen) atoms. The number of hydrogen-bond acceptors (Lipinski definition) is 4. The quantitative estimate of drug-likeness (QED) is 0.642. The molecule has 160 valence electrons. The lowest BCUT2D eigenvalue weighted by Gasteiger charge is -2.22. The van der Waals surface area contributed by atoms with Crippen molar-refractivity contribution in [1.29, 1.82) is 0 Å². The Balaban J connectivity index is 1.40. The zero-order chi connectivity index (χ0) is 21.6. The molecule has 0 spiro atoms.